The second-order valence-electron chi connectivity index (χ2n) is 5.33. The number of halogens is 1. The molecule has 3 aromatic rings. The molecule has 0 aliphatic heterocycles. The molecule has 26 heavy (non-hydrogen) atoms. The Balaban J connectivity index is 2.01. The van der Waals surface area contributed by atoms with Gasteiger partial charge in [0.05, 0.1) is 18.0 Å². The summed E-state index contributed by atoms with van der Waals surface area (Å²) in [4.78, 5) is 0.0564. The highest BCUT2D eigenvalue weighted by Gasteiger charge is 2.22. The van der Waals surface area contributed by atoms with Gasteiger partial charge in [0.2, 0.25) is 0 Å². The van der Waals surface area contributed by atoms with Crippen LogP contribution in [0.3, 0.4) is 0 Å². The van der Waals surface area contributed by atoms with Crippen molar-refractivity contribution in [1.82, 2.24) is 20.2 Å². The molecule has 0 amide bonds. The van der Waals surface area contributed by atoms with Gasteiger partial charge in [0.15, 0.2) is 0 Å². The molecule has 0 aliphatic carbocycles. The number of benzene rings is 2. The molecule has 10 heteroatoms. The number of ether oxygens (including phenoxy) is 1. The van der Waals surface area contributed by atoms with E-state index in [1.165, 1.54) is 17.1 Å². The van der Waals surface area contributed by atoms with Crippen molar-refractivity contribution in [2.24, 2.45) is 0 Å². The van der Waals surface area contributed by atoms with Gasteiger partial charge in [-0.15, -0.1) is 5.10 Å². The minimum Gasteiger partial charge on any atom is -0.492 e. The van der Waals surface area contributed by atoms with Crippen molar-refractivity contribution in [2.75, 3.05) is 11.3 Å². The predicted molar refractivity (Wildman–Crippen MR) is 100 cm³/mol. The van der Waals surface area contributed by atoms with E-state index >= 15 is 0 Å². The van der Waals surface area contributed by atoms with Crippen LogP contribution >= 0.6 is 15.9 Å². The van der Waals surface area contributed by atoms with Gasteiger partial charge in [0.1, 0.15) is 17.0 Å². The second kappa shape index (κ2) is 7.42. The van der Waals surface area contributed by atoms with E-state index in [1.54, 1.807) is 44.2 Å². The first-order chi connectivity index (χ1) is 12.4. The maximum absolute atomic E-state index is 12.9. The highest BCUT2D eigenvalue weighted by atomic mass is 79.9. The lowest BCUT2D eigenvalue weighted by Gasteiger charge is -2.15. The van der Waals surface area contributed by atoms with Gasteiger partial charge in [-0.05, 0) is 60.2 Å². The Hall–Kier alpha value is -2.46. The van der Waals surface area contributed by atoms with E-state index in [1.807, 2.05) is 0 Å². The molecule has 0 bridgehead atoms. The number of nitrogens with one attached hydrogen (secondary N) is 1. The Morgan fingerprint density at radius 1 is 1.27 bits per heavy atom. The molecule has 8 nitrogen and oxygen atoms in total. The molecule has 1 heterocycles. The summed E-state index contributed by atoms with van der Waals surface area (Å²) in [6, 6.07) is 10.1. The summed E-state index contributed by atoms with van der Waals surface area (Å²) >= 11 is 3.30. The van der Waals surface area contributed by atoms with E-state index in [9.17, 15) is 8.42 Å². The number of anilines is 1. The normalized spacial score (nSPS) is 11.3. The number of nitrogens with zero attached hydrogens (tertiary/aromatic N) is 4. The standard InChI is InChI=1S/C16H16BrN5O3S/c1-3-25-15-8-7-12(17)9-16(15)26(23,24)19-13-5-4-6-14(11(13)2)22-10-18-20-21-22/h4-10,19H,3H2,1-2H3. The van der Waals surface area contributed by atoms with E-state index in [2.05, 4.69) is 36.2 Å². The predicted octanol–water partition coefficient (Wildman–Crippen LogP) is 2.93. The van der Waals surface area contributed by atoms with Crippen LogP contribution in [0.1, 0.15) is 12.5 Å². The van der Waals surface area contributed by atoms with Crippen molar-refractivity contribution >= 4 is 31.6 Å². The van der Waals surface area contributed by atoms with Crippen LogP contribution in [-0.2, 0) is 10.0 Å². The summed E-state index contributed by atoms with van der Waals surface area (Å²) in [5, 5.41) is 11.1. The average molecular weight is 438 g/mol. The van der Waals surface area contributed by atoms with E-state index in [0.717, 1.165) is 0 Å². The van der Waals surface area contributed by atoms with Crippen molar-refractivity contribution in [2.45, 2.75) is 18.7 Å². The Bertz CT molecular complexity index is 1020. The molecule has 136 valence electrons. The van der Waals surface area contributed by atoms with Gasteiger partial charge >= 0.3 is 0 Å². The topological polar surface area (TPSA) is 99.0 Å². The van der Waals surface area contributed by atoms with Crippen molar-refractivity contribution in [3.05, 3.63) is 52.8 Å². The van der Waals surface area contributed by atoms with Crippen LogP contribution in [0.4, 0.5) is 5.69 Å². The third-order valence-electron chi connectivity index (χ3n) is 3.64. The van der Waals surface area contributed by atoms with Crippen LogP contribution in [0.5, 0.6) is 5.75 Å². The van der Waals surface area contributed by atoms with Gasteiger partial charge in [0, 0.05) is 4.47 Å². The quantitative estimate of drug-likeness (QED) is 0.636. The number of tetrazole rings is 1. The van der Waals surface area contributed by atoms with Crippen molar-refractivity contribution < 1.29 is 13.2 Å². The molecule has 3 rings (SSSR count). The molecule has 0 fully saturated rings. The van der Waals surface area contributed by atoms with Gasteiger partial charge in [-0.2, -0.15) is 0 Å². The van der Waals surface area contributed by atoms with Crippen LogP contribution < -0.4 is 9.46 Å². The summed E-state index contributed by atoms with van der Waals surface area (Å²) in [7, 11) is -3.86. The van der Waals surface area contributed by atoms with Gasteiger partial charge in [-0.1, -0.05) is 22.0 Å². The first kappa shape index (κ1) is 18.3. The van der Waals surface area contributed by atoms with E-state index < -0.39 is 10.0 Å². The van der Waals surface area contributed by atoms with Crippen molar-refractivity contribution in [3.8, 4) is 11.4 Å². The third-order valence-corrected chi connectivity index (χ3v) is 5.52. The first-order valence-electron chi connectivity index (χ1n) is 7.70. The molecular formula is C16H16BrN5O3S. The Kier molecular flexibility index (Phi) is 5.23. The lowest BCUT2D eigenvalue weighted by atomic mass is 10.1. The second-order valence-corrected chi connectivity index (χ2v) is 7.90. The van der Waals surface area contributed by atoms with Crippen LogP contribution in [0.2, 0.25) is 0 Å². The minimum atomic E-state index is -3.86. The van der Waals surface area contributed by atoms with E-state index in [4.69, 9.17) is 4.74 Å². The summed E-state index contributed by atoms with van der Waals surface area (Å²) in [5.41, 5.74) is 1.80. The largest absolute Gasteiger partial charge is 0.492 e. The maximum Gasteiger partial charge on any atom is 0.265 e. The molecule has 2 aromatic carbocycles. The molecule has 0 saturated heterocycles. The summed E-state index contributed by atoms with van der Waals surface area (Å²) in [6.07, 6.45) is 1.45. The zero-order valence-electron chi connectivity index (χ0n) is 14.0. The first-order valence-corrected chi connectivity index (χ1v) is 9.98. The number of rotatable bonds is 6. The summed E-state index contributed by atoms with van der Waals surface area (Å²) in [5.74, 6) is 0.289. The number of sulfonamides is 1. The Morgan fingerprint density at radius 2 is 2.08 bits per heavy atom. The van der Waals surface area contributed by atoms with Gasteiger partial charge in [-0.25, -0.2) is 13.1 Å². The van der Waals surface area contributed by atoms with E-state index in [-0.39, 0.29) is 10.6 Å². The van der Waals surface area contributed by atoms with Gasteiger partial charge < -0.3 is 4.74 Å². The molecular weight excluding hydrogens is 422 g/mol. The SMILES string of the molecule is CCOc1ccc(Br)cc1S(=O)(=O)Nc1cccc(-n2cnnn2)c1C. The van der Waals surface area contributed by atoms with Crippen LogP contribution in [0.15, 0.2) is 52.1 Å². The van der Waals surface area contributed by atoms with Crippen LogP contribution in [0, 0.1) is 6.92 Å². The number of aromatic nitrogens is 4. The molecule has 0 atom stereocenters. The van der Waals surface area contributed by atoms with Crippen molar-refractivity contribution in [3.63, 3.8) is 0 Å². The highest BCUT2D eigenvalue weighted by molar-refractivity contribution is 9.10. The molecule has 0 aliphatic rings. The summed E-state index contributed by atoms with van der Waals surface area (Å²) in [6.45, 7) is 3.95. The zero-order chi connectivity index (χ0) is 18.7. The fourth-order valence-corrected chi connectivity index (χ4v) is 4.23. The molecule has 0 radical (unpaired) electrons. The monoisotopic (exact) mass is 437 g/mol. The van der Waals surface area contributed by atoms with Gasteiger partial charge in [0.25, 0.3) is 10.0 Å². The third kappa shape index (κ3) is 3.70. The fourth-order valence-electron chi connectivity index (χ4n) is 2.42. The average Bonchev–Trinajstić information content (AvgIpc) is 3.13. The van der Waals surface area contributed by atoms with Crippen LogP contribution in [-0.4, -0.2) is 35.2 Å². The molecule has 0 saturated carbocycles. The smallest absolute Gasteiger partial charge is 0.265 e. The number of hydrogen-bond donors (Lipinski definition) is 1. The fraction of sp³-hybridized carbons (Fsp3) is 0.188. The Morgan fingerprint density at radius 3 is 2.77 bits per heavy atom. The molecule has 1 N–H and O–H groups in total. The highest BCUT2D eigenvalue weighted by Crippen LogP contribution is 2.30. The van der Waals surface area contributed by atoms with Gasteiger partial charge in [-0.3, -0.25) is 4.72 Å². The molecule has 0 unspecified atom stereocenters. The Labute approximate surface area is 159 Å². The van der Waals surface area contributed by atoms with Crippen molar-refractivity contribution in [1.29, 1.82) is 0 Å². The lowest BCUT2D eigenvalue weighted by molar-refractivity contribution is 0.331. The maximum atomic E-state index is 12.9. The molecule has 0 spiro atoms. The number of hydrogen-bond acceptors (Lipinski definition) is 6. The summed E-state index contributed by atoms with van der Waals surface area (Å²) < 4.78 is 36.1. The van der Waals surface area contributed by atoms with Crippen LogP contribution in [0.25, 0.3) is 5.69 Å². The van der Waals surface area contributed by atoms with E-state index in [0.29, 0.717) is 28.0 Å². The zero-order valence-corrected chi connectivity index (χ0v) is 16.5. The lowest BCUT2D eigenvalue weighted by Crippen LogP contribution is -2.16. The minimum absolute atomic E-state index is 0.0564. The molecule has 1 aromatic heterocycles.